The molecule has 174 valence electrons. The number of nitrogens with two attached hydrogens (primary N) is 1. The van der Waals surface area contributed by atoms with E-state index in [0.29, 0.717) is 25.6 Å². The molecule has 0 unspecified atom stereocenters. The Morgan fingerprint density at radius 1 is 1.00 bits per heavy atom. The van der Waals surface area contributed by atoms with Gasteiger partial charge in [0.15, 0.2) is 0 Å². The molecule has 0 radical (unpaired) electrons. The fraction of sp³-hybridized carbons (Fsp3) is 0.241. The van der Waals surface area contributed by atoms with E-state index in [1.807, 2.05) is 12.3 Å². The van der Waals surface area contributed by atoms with Gasteiger partial charge < -0.3 is 16.4 Å². The van der Waals surface area contributed by atoms with E-state index in [-0.39, 0.29) is 0 Å². The van der Waals surface area contributed by atoms with Gasteiger partial charge in [-0.2, -0.15) is 0 Å². The van der Waals surface area contributed by atoms with E-state index in [1.165, 1.54) is 33.4 Å². The molecular formula is C29H33N5. The predicted octanol–water partition coefficient (Wildman–Crippen LogP) is 5.32. The topological polar surface area (TPSA) is 75.9 Å². The van der Waals surface area contributed by atoms with Crippen LogP contribution in [0.1, 0.15) is 39.9 Å². The van der Waals surface area contributed by atoms with Gasteiger partial charge in [-0.3, -0.25) is 0 Å². The molecule has 4 N–H and O–H groups in total. The van der Waals surface area contributed by atoms with Gasteiger partial charge in [-0.1, -0.05) is 66.3 Å². The molecule has 1 aliphatic rings. The highest BCUT2D eigenvalue weighted by Crippen LogP contribution is 2.28. The van der Waals surface area contributed by atoms with Crippen molar-refractivity contribution in [2.24, 2.45) is 5.73 Å². The number of hydrogen-bond donors (Lipinski definition) is 3. The highest BCUT2D eigenvalue weighted by atomic mass is 15.1. The Morgan fingerprint density at radius 3 is 2.59 bits per heavy atom. The number of benzene rings is 2. The number of anilines is 1. The monoisotopic (exact) mass is 451 g/mol. The molecule has 2 aromatic carbocycles. The predicted molar refractivity (Wildman–Crippen MR) is 142 cm³/mol. The van der Waals surface area contributed by atoms with Gasteiger partial charge in [-0.25, -0.2) is 9.97 Å². The van der Waals surface area contributed by atoms with E-state index in [0.717, 1.165) is 23.4 Å². The zero-order chi connectivity index (χ0) is 23.9. The van der Waals surface area contributed by atoms with Crippen LogP contribution in [0.25, 0.3) is 11.3 Å². The maximum absolute atomic E-state index is 5.91. The lowest BCUT2D eigenvalue weighted by atomic mass is 9.97. The summed E-state index contributed by atoms with van der Waals surface area (Å²) in [5, 5.41) is 7.00. The van der Waals surface area contributed by atoms with Gasteiger partial charge in [0.2, 0.25) is 5.95 Å². The van der Waals surface area contributed by atoms with Gasteiger partial charge in [0.1, 0.15) is 0 Å². The smallest absolute Gasteiger partial charge is 0.223 e. The number of allylic oxidation sites excluding steroid dienone is 2. The molecule has 1 aliphatic heterocycles. The molecule has 3 aromatic rings. The summed E-state index contributed by atoms with van der Waals surface area (Å²) in [6.45, 7) is 8.24. The Hall–Kier alpha value is -3.70. The minimum atomic E-state index is 0.521. The normalized spacial score (nSPS) is 18.6. The zero-order valence-corrected chi connectivity index (χ0v) is 20.2. The van der Waals surface area contributed by atoms with Gasteiger partial charge in [-0.05, 0) is 66.7 Å². The number of aromatic nitrogens is 2. The lowest BCUT2D eigenvalue weighted by Gasteiger charge is -2.17. The van der Waals surface area contributed by atoms with Crippen LogP contribution in [0.2, 0.25) is 0 Å². The Labute approximate surface area is 202 Å². The first kappa shape index (κ1) is 23.5. The SMILES string of the molecule is Cc1ccc(/C2=C(\c3ccnc(NCc4ccc(C)c(C)c4)n3)NC/C=C(CN)\C=C/C2)cc1. The number of hydrogen-bond acceptors (Lipinski definition) is 5. The zero-order valence-electron chi connectivity index (χ0n) is 20.2. The van der Waals surface area contributed by atoms with Crippen molar-refractivity contribution in [3.8, 4) is 0 Å². The van der Waals surface area contributed by atoms with E-state index in [9.17, 15) is 0 Å². The molecule has 0 fully saturated rings. The Balaban J connectivity index is 1.67. The average molecular weight is 452 g/mol. The Bertz CT molecular complexity index is 1240. The molecule has 0 bridgehead atoms. The molecule has 0 spiro atoms. The highest BCUT2D eigenvalue weighted by Gasteiger charge is 2.14. The molecule has 34 heavy (non-hydrogen) atoms. The molecular weight excluding hydrogens is 418 g/mol. The van der Waals surface area contributed by atoms with Crippen LogP contribution in [0.3, 0.4) is 0 Å². The van der Waals surface area contributed by atoms with E-state index in [2.05, 4.69) is 97.1 Å². The van der Waals surface area contributed by atoms with Crippen molar-refractivity contribution in [1.29, 1.82) is 0 Å². The van der Waals surface area contributed by atoms with Crippen molar-refractivity contribution in [1.82, 2.24) is 15.3 Å². The first-order valence-corrected chi connectivity index (χ1v) is 11.8. The summed E-state index contributed by atoms with van der Waals surface area (Å²) < 4.78 is 0. The Morgan fingerprint density at radius 2 is 1.82 bits per heavy atom. The van der Waals surface area contributed by atoms with Gasteiger partial charge in [0.25, 0.3) is 0 Å². The first-order valence-electron chi connectivity index (χ1n) is 11.8. The van der Waals surface area contributed by atoms with Crippen LogP contribution >= 0.6 is 0 Å². The second-order valence-electron chi connectivity index (χ2n) is 8.73. The second kappa shape index (κ2) is 10.9. The lowest BCUT2D eigenvalue weighted by Crippen LogP contribution is -2.17. The third-order valence-corrected chi connectivity index (χ3v) is 6.17. The summed E-state index contributed by atoms with van der Waals surface area (Å²) in [4.78, 5) is 9.34. The summed E-state index contributed by atoms with van der Waals surface area (Å²) in [5.41, 5.74) is 16.3. The number of aryl methyl sites for hydroxylation is 3. The van der Waals surface area contributed by atoms with Gasteiger partial charge in [0, 0.05) is 25.8 Å². The van der Waals surface area contributed by atoms with Crippen molar-refractivity contribution < 1.29 is 0 Å². The quantitative estimate of drug-likeness (QED) is 0.473. The third kappa shape index (κ3) is 5.80. The first-order chi connectivity index (χ1) is 16.5. The fourth-order valence-electron chi connectivity index (χ4n) is 3.98. The molecule has 0 saturated carbocycles. The molecule has 2 heterocycles. The summed E-state index contributed by atoms with van der Waals surface area (Å²) in [6.07, 6.45) is 9.03. The lowest BCUT2D eigenvalue weighted by molar-refractivity contribution is 0.969. The summed E-state index contributed by atoms with van der Waals surface area (Å²) in [6, 6.07) is 17.1. The van der Waals surface area contributed by atoms with Crippen LogP contribution in [0, 0.1) is 20.8 Å². The molecule has 5 heteroatoms. The van der Waals surface area contributed by atoms with Gasteiger partial charge >= 0.3 is 0 Å². The molecule has 0 aliphatic carbocycles. The summed E-state index contributed by atoms with van der Waals surface area (Å²) >= 11 is 0. The Kier molecular flexibility index (Phi) is 7.55. The second-order valence-corrected chi connectivity index (χ2v) is 8.73. The van der Waals surface area contributed by atoms with Gasteiger partial charge in [-0.15, -0.1) is 0 Å². The molecule has 0 saturated heterocycles. The molecule has 5 nitrogen and oxygen atoms in total. The van der Waals surface area contributed by atoms with E-state index in [4.69, 9.17) is 10.7 Å². The summed E-state index contributed by atoms with van der Waals surface area (Å²) in [5.74, 6) is 0.613. The maximum Gasteiger partial charge on any atom is 0.223 e. The van der Waals surface area contributed by atoms with Crippen molar-refractivity contribution in [3.05, 3.63) is 112 Å². The van der Waals surface area contributed by atoms with E-state index in [1.54, 1.807) is 0 Å². The molecule has 0 atom stereocenters. The van der Waals surface area contributed by atoms with Gasteiger partial charge in [0.05, 0.1) is 11.4 Å². The van der Waals surface area contributed by atoms with E-state index >= 15 is 0 Å². The fourth-order valence-corrected chi connectivity index (χ4v) is 3.98. The van der Waals surface area contributed by atoms with Crippen LogP contribution < -0.4 is 16.4 Å². The molecule has 0 amide bonds. The minimum Gasteiger partial charge on any atom is -0.380 e. The third-order valence-electron chi connectivity index (χ3n) is 6.17. The number of nitrogens with zero attached hydrogens (tertiary/aromatic N) is 2. The number of nitrogens with one attached hydrogen (secondary N) is 2. The van der Waals surface area contributed by atoms with Crippen LogP contribution in [-0.2, 0) is 6.54 Å². The van der Waals surface area contributed by atoms with Crippen molar-refractivity contribution in [2.45, 2.75) is 33.7 Å². The largest absolute Gasteiger partial charge is 0.380 e. The highest BCUT2D eigenvalue weighted by molar-refractivity contribution is 5.89. The van der Waals surface area contributed by atoms with Crippen LogP contribution in [-0.4, -0.2) is 23.1 Å². The molecule has 1 aromatic heterocycles. The van der Waals surface area contributed by atoms with E-state index < -0.39 is 0 Å². The summed E-state index contributed by atoms with van der Waals surface area (Å²) in [7, 11) is 0. The standard InChI is InChI=1S/C29H33N5/c1-20-7-11-25(12-8-20)26-6-4-5-23(18-30)13-15-31-28(26)27-14-16-32-29(34-27)33-19-24-10-9-21(2)22(3)17-24/h4-5,7-14,16-17,31H,6,15,18-19,30H2,1-3H3,(H,32,33,34)/b5-4-,23-13+,28-26+. The maximum atomic E-state index is 5.91. The minimum absolute atomic E-state index is 0.521. The molecule has 4 rings (SSSR count). The van der Waals surface area contributed by atoms with Crippen LogP contribution in [0.5, 0.6) is 0 Å². The van der Waals surface area contributed by atoms with Crippen molar-refractivity contribution >= 4 is 17.2 Å². The van der Waals surface area contributed by atoms with Crippen LogP contribution in [0.15, 0.2) is 78.5 Å². The number of rotatable bonds is 6. The van der Waals surface area contributed by atoms with Crippen molar-refractivity contribution in [3.63, 3.8) is 0 Å². The average Bonchev–Trinajstić information content (AvgIpc) is 2.96. The van der Waals surface area contributed by atoms with Crippen LogP contribution in [0.4, 0.5) is 5.95 Å². The van der Waals surface area contributed by atoms with Crippen molar-refractivity contribution in [2.75, 3.05) is 18.4 Å².